The summed E-state index contributed by atoms with van der Waals surface area (Å²) in [7, 11) is 0. The number of carbonyl (C=O) groups is 2. The van der Waals surface area contributed by atoms with Gasteiger partial charge in [-0.2, -0.15) is 0 Å². The second-order valence-corrected chi connectivity index (χ2v) is 8.06. The van der Waals surface area contributed by atoms with Gasteiger partial charge in [-0.3, -0.25) is 0 Å². The number of fused-ring (bicyclic) bond motifs is 2. The molecule has 2 heterocycles. The van der Waals surface area contributed by atoms with Crippen LogP contribution in [0.1, 0.15) is 24.0 Å². The first kappa shape index (κ1) is 21.9. The zero-order chi connectivity index (χ0) is 22.5. The highest BCUT2D eigenvalue weighted by molar-refractivity contribution is 5.92. The van der Waals surface area contributed by atoms with E-state index in [-0.39, 0.29) is 12.1 Å². The fraction of sp³-hybridized carbons (Fsp3) is 0.333. The first-order valence-corrected chi connectivity index (χ1v) is 10.8. The highest BCUT2D eigenvalue weighted by atomic mass is 16.6. The molecule has 0 bridgehead atoms. The van der Waals surface area contributed by atoms with Gasteiger partial charge >= 0.3 is 11.9 Å². The number of para-hydroxylation sites is 2. The molecule has 0 saturated carbocycles. The van der Waals surface area contributed by atoms with E-state index >= 15 is 0 Å². The van der Waals surface area contributed by atoms with Gasteiger partial charge in [0.1, 0.15) is 0 Å². The molecule has 0 amide bonds. The lowest BCUT2D eigenvalue weighted by Gasteiger charge is -2.23. The molecule has 0 aromatic heterocycles. The number of nitrogens with two attached hydrogens (primary N) is 2. The Morgan fingerprint density at radius 1 is 0.750 bits per heavy atom. The van der Waals surface area contributed by atoms with Crippen molar-refractivity contribution >= 4 is 23.3 Å². The van der Waals surface area contributed by atoms with Gasteiger partial charge in [0.15, 0.2) is 12.5 Å². The third-order valence-electron chi connectivity index (χ3n) is 5.74. The van der Waals surface area contributed by atoms with Crippen LogP contribution in [0.4, 0.5) is 11.4 Å². The highest BCUT2D eigenvalue weighted by Gasteiger charge is 2.27. The summed E-state index contributed by atoms with van der Waals surface area (Å²) >= 11 is 0. The van der Waals surface area contributed by atoms with Gasteiger partial charge in [-0.05, 0) is 48.9 Å². The summed E-state index contributed by atoms with van der Waals surface area (Å²) in [4.78, 5) is 24.6. The van der Waals surface area contributed by atoms with Gasteiger partial charge in [0.25, 0.3) is 0 Å². The number of rotatable bonds is 4. The first-order valence-electron chi connectivity index (χ1n) is 10.8. The summed E-state index contributed by atoms with van der Waals surface area (Å²) in [5, 5.41) is 6.34. The molecule has 6 N–H and O–H groups in total. The Bertz CT molecular complexity index is 929. The number of hydrogen-bond donors (Lipinski definition) is 4. The maximum atomic E-state index is 12.3. The average Bonchev–Trinajstić information content (AvgIpc) is 3.05. The molecule has 8 nitrogen and oxygen atoms in total. The number of ether oxygens (including phenoxy) is 2. The Labute approximate surface area is 186 Å². The SMILES string of the molecule is NC1CCc2ccccc2NC1OC(=O)/C=C/C(=O)OC1Nc2ccccc2CCC1N. The molecule has 32 heavy (non-hydrogen) atoms. The predicted molar refractivity (Wildman–Crippen MR) is 122 cm³/mol. The highest BCUT2D eigenvalue weighted by Crippen LogP contribution is 2.25. The number of carbonyl (C=O) groups excluding carboxylic acids is 2. The Balaban J connectivity index is 1.34. The number of aryl methyl sites for hydroxylation is 2. The third-order valence-corrected chi connectivity index (χ3v) is 5.74. The second kappa shape index (κ2) is 9.84. The van der Waals surface area contributed by atoms with Crippen LogP contribution in [0.3, 0.4) is 0 Å². The van der Waals surface area contributed by atoms with Crippen molar-refractivity contribution in [1.29, 1.82) is 0 Å². The largest absolute Gasteiger partial charge is 0.437 e. The molecule has 4 rings (SSSR count). The van der Waals surface area contributed by atoms with Gasteiger partial charge in [-0.25, -0.2) is 9.59 Å². The normalized spacial score (nSPS) is 24.7. The smallest absolute Gasteiger partial charge is 0.332 e. The van der Waals surface area contributed by atoms with Crippen molar-refractivity contribution in [2.45, 2.75) is 50.2 Å². The third kappa shape index (κ3) is 5.27. The minimum absolute atomic E-state index is 0.375. The van der Waals surface area contributed by atoms with Crippen LogP contribution in [-0.4, -0.2) is 36.5 Å². The summed E-state index contributed by atoms with van der Waals surface area (Å²) in [5.74, 6) is -1.37. The molecule has 2 aliphatic rings. The van der Waals surface area contributed by atoms with Crippen molar-refractivity contribution in [2.24, 2.45) is 11.5 Å². The van der Waals surface area contributed by atoms with E-state index in [1.165, 1.54) is 0 Å². The standard InChI is InChI=1S/C24H28N4O4/c25-17-11-9-15-5-1-3-7-19(15)27-23(17)31-21(29)13-14-22(30)32-24-18(26)12-10-16-6-2-4-8-20(16)28-24/h1-8,13-14,17-18,23-24,27-28H,9-12,25-26H2/b14-13+. The quantitative estimate of drug-likeness (QED) is 0.423. The Morgan fingerprint density at radius 2 is 1.16 bits per heavy atom. The van der Waals surface area contributed by atoms with Gasteiger partial charge in [0.05, 0.1) is 12.1 Å². The van der Waals surface area contributed by atoms with Crippen LogP contribution in [0.2, 0.25) is 0 Å². The molecule has 2 aliphatic heterocycles. The topological polar surface area (TPSA) is 129 Å². The van der Waals surface area contributed by atoms with Gasteiger partial charge in [0.2, 0.25) is 0 Å². The zero-order valence-corrected chi connectivity index (χ0v) is 17.7. The lowest BCUT2D eigenvalue weighted by atomic mass is 10.1. The Hall–Kier alpha value is -3.36. The maximum Gasteiger partial charge on any atom is 0.332 e. The van der Waals surface area contributed by atoms with E-state index in [2.05, 4.69) is 10.6 Å². The van der Waals surface area contributed by atoms with E-state index in [1.54, 1.807) is 0 Å². The minimum atomic E-state index is -0.694. The molecule has 0 saturated heterocycles. The van der Waals surface area contributed by atoms with Crippen LogP contribution in [0, 0.1) is 0 Å². The van der Waals surface area contributed by atoms with E-state index in [1.807, 2.05) is 48.5 Å². The maximum absolute atomic E-state index is 12.3. The molecule has 0 aliphatic carbocycles. The van der Waals surface area contributed by atoms with Crippen LogP contribution in [0.5, 0.6) is 0 Å². The molecule has 2 aromatic carbocycles. The summed E-state index contributed by atoms with van der Waals surface area (Å²) in [5.41, 5.74) is 16.4. The summed E-state index contributed by atoms with van der Waals surface area (Å²) in [6, 6.07) is 14.8. The van der Waals surface area contributed by atoms with Gasteiger partial charge in [-0.15, -0.1) is 0 Å². The minimum Gasteiger partial charge on any atom is -0.437 e. The van der Waals surface area contributed by atoms with Crippen LogP contribution in [-0.2, 0) is 31.9 Å². The van der Waals surface area contributed by atoms with E-state index in [9.17, 15) is 9.59 Å². The van der Waals surface area contributed by atoms with E-state index < -0.39 is 24.4 Å². The van der Waals surface area contributed by atoms with Gasteiger partial charge < -0.3 is 31.6 Å². The fourth-order valence-corrected chi connectivity index (χ4v) is 3.92. The lowest BCUT2D eigenvalue weighted by Crippen LogP contribution is -2.43. The van der Waals surface area contributed by atoms with Crippen LogP contribution >= 0.6 is 0 Å². The molecule has 4 atom stereocenters. The molecule has 168 valence electrons. The van der Waals surface area contributed by atoms with Crippen molar-refractivity contribution in [3.63, 3.8) is 0 Å². The first-order chi connectivity index (χ1) is 15.5. The molecule has 8 heteroatoms. The number of esters is 2. The van der Waals surface area contributed by atoms with Crippen molar-refractivity contribution in [1.82, 2.24) is 0 Å². The number of hydrogen-bond acceptors (Lipinski definition) is 8. The van der Waals surface area contributed by atoms with E-state index in [0.29, 0.717) is 12.8 Å². The molecule has 2 aromatic rings. The number of nitrogens with one attached hydrogen (secondary N) is 2. The summed E-state index contributed by atoms with van der Waals surface area (Å²) in [6.45, 7) is 0. The predicted octanol–water partition coefficient (Wildman–Crippen LogP) is 2.05. The molecule has 0 spiro atoms. The van der Waals surface area contributed by atoms with E-state index in [4.69, 9.17) is 20.9 Å². The fourth-order valence-electron chi connectivity index (χ4n) is 3.92. The van der Waals surface area contributed by atoms with Crippen LogP contribution in [0.25, 0.3) is 0 Å². The molecule has 0 fully saturated rings. The monoisotopic (exact) mass is 436 g/mol. The van der Waals surface area contributed by atoms with Crippen molar-refractivity contribution < 1.29 is 19.1 Å². The molecule has 0 radical (unpaired) electrons. The van der Waals surface area contributed by atoms with Crippen molar-refractivity contribution in [2.75, 3.05) is 10.6 Å². The van der Waals surface area contributed by atoms with E-state index in [0.717, 1.165) is 47.5 Å². The lowest BCUT2D eigenvalue weighted by molar-refractivity contribution is -0.145. The Kier molecular flexibility index (Phi) is 6.72. The average molecular weight is 437 g/mol. The van der Waals surface area contributed by atoms with Crippen molar-refractivity contribution in [3.8, 4) is 0 Å². The van der Waals surface area contributed by atoms with Gasteiger partial charge in [0, 0.05) is 23.5 Å². The molecular formula is C24H28N4O4. The molecular weight excluding hydrogens is 408 g/mol. The summed E-state index contributed by atoms with van der Waals surface area (Å²) in [6.07, 6.45) is 3.62. The number of benzene rings is 2. The zero-order valence-electron chi connectivity index (χ0n) is 17.7. The summed E-state index contributed by atoms with van der Waals surface area (Å²) < 4.78 is 10.9. The van der Waals surface area contributed by atoms with Crippen LogP contribution < -0.4 is 22.1 Å². The van der Waals surface area contributed by atoms with Crippen LogP contribution in [0.15, 0.2) is 60.7 Å². The second-order valence-electron chi connectivity index (χ2n) is 8.06. The van der Waals surface area contributed by atoms with Gasteiger partial charge in [-0.1, -0.05) is 36.4 Å². The molecule has 4 unspecified atom stereocenters. The Morgan fingerprint density at radius 3 is 1.59 bits per heavy atom. The van der Waals surface area contributed by atoms with Crippen molar-refractivity contribution in [3.05, 3.63) is 71.8 Å². The number of anilines is 2.